The number of benzene rings is 2. The summed E-state index contributed by atoms with van der Waals surface area (Å²) in [5, 5.41) is 9.96. The lowest BCUT2D eigenvalue weighted by molar-refractivity contribution is -0.132. The summed E-state index contributed by atoms with van der Waals surface area (Å²) in [7, 11) is 0. The SMILES string of the molecule is CC(=O)Oc1ccc(/C(=C/c2ccc(Cl)cc2)C(=O)O)cc1. The van der Waals surface area contributed by atoms with Crippen LogP contribution in [0.5, 0.6) is 5.75 Å². The van der Waals surface area contributed by atoms with E-state index < -0.39 is 11.9 Å². The Labute approximate surface area is 132 Å². The van der Waals surface area contributed by atoms with Crippen molar-refractivity contribution in [2.75, 3.05) is 0 Å². The molecule has 0 radical (unpaired) electrons. The van der Waals surface area contributed by atoms with Gasteiger partial charge in [0.2, 0.25) is 0 Å². The number of hydrogen-bond acceptors (Lipinski definition) is 3. The van der Waals surface area contributed by atoms with Gasteiger partial charge in [-0.1, -0.05) is 35.9 Å². The standard InChI is InChI=1S/C17H13ClO4/c1-11(19)22-15-8-4-13(5-9-15)16(17(20)21)10-12-2-6-14(18)7-3-12/h2-10H,1H3,(H,20,21)/b16-10-. The van der Waals surface area contributed by atoms with Crippen LogP contribution in [0.4, 0.5) is 0 Å². The van der Waals surface area contributed by atoms with Gasteiger partial charge in [0, 0.05) is 11.9 Å². The maximum Gasteiger partial charge on any atom is 0.336 e. The van der Waals surface area contributed by atoms with E-state index in [1.807, 2.05) is 0 Å². The molecule has 0 amide bonds. The molecule has 0 bridgehead atoms. The summed E-state index contributed by atoms with van der Waals surface area (Å²) in [6.45, 7) is 1.30. The van der Waals surface area contributed by atoms with E-state index in [2.05, 4.69) is 0 Å². The van der Waals surface area contributed by atoms with Crippen molar-refractivity contribution in [3.63, 3.8) is 0 Å². The highest BCUT2D eigenvalue weighted by Crippen LogP contribution is 2.22. The average molecular weight is 317 g/mol. The largest absolute Gasteiger partial charge is 0.478 e. The summed E-state index contributed by atoms with van der Waals surface area (Å²) in [5.74, 6) is -1.11. The molecule has 2 aromatic rings. The Kier molecular flexibility index (Phi) is 4.96. The van der Waals surface area contributed by atoms with Crippen LogP contribution in [-0.2, 0) is 9.59 Å². The fourth-order valence-electron chi connectivity index (χ4n) is 1.86. The van der Waals surface area contributed by atoms with E-state index in [9.17, 15) is 14.7 Å². The molecule has 0 aliphatic carbocycles. The zero-order chi connectivity index (χ0) is 16.1. The van der Waals surface area contributed by atoms with Crippen molar-refractivity contribution >= 4 is 35.2 Å². The van der Waals surface area contributed by atoms with Gasteiger partial charge in [0.1, 0.15) is 5.75 Å². The minimum atomic E-state index is -1.05. The summed E-state index contributed by atoms with van der Waals surface area (Å²) in [4.78, 5) is 22.3. The molecule has 0 spiro atoms. The molecule has 0 unspecified atom stereocenters. The third-order valence-corrected chi connectivity index (χ3v) is 3.09. The average Bonchev–Trinajstić information content (AvgIpc) is 2.47. The first-order valence-corrected chi connectivity index (χ1v) is 6.83. The van der Waals surface area contributed by atoms with Gasteiger partial charge in [-0.2, -0.15) is 0 Å². The number of carbonyl (C=O) groups excluding carboxylic acids is 1. The van der Waals surface area contributed by atoms with Crippen molar-refractivity contribution in [3.05, 3.63) is 64.7 Å². The summed E-state index contributed by atoms with van der Waals surface area (Å²) >= 11 is 5.81. The van der Waals surface area contributed by atoms with Crippen LogP contribution >= 0.6 is 11.6 Å². The van der Waals surface area contributed by atoms with E-state index in [0.29, 0.717) is 16.3 Å². The minimum Gasteiger partial charge on any atom is -0.478 e. The Balaban J connectivity index is 2.33. The third-order valence-electron chi connectivity index (χ3n) is 2.84. The van der Waals surface area contributed by atoms with E-state index in [-0.39, 0.29) is 5.57 Å². The second-order valence-electron chi connectivity index (χ2n) is 4.53. The van der Waals surface area contributed by atoms with Crippen molar-refractivity contribution < 1.29 is 19.4 Å². The van der Waals surface area contributed by atoms with Crippen molar-refractivity contribution in [1.82, 2.24) is 0 Å². The summed E-state index contributed by atoms with van der Waals surface area (Å²) in [5.41, 5.74) is 1.38. The number of halogens is 1. The van der Waals surface area contributed by atoms with Crippen LogP contribution in [0.15, 0.2) is 48.5 Å². The molecule has 0 aliphatic rings. The van der Waals surface area contributed by atoms with Crippen LogP contribution in [0.25, 0.3) is 11.6 Å². The number of esters is 1. The van der Waals surface area contributed by atoms with Gasteiger partial charge in [-0.05, 0) is 41.5 Å². The Morgan fingerprint density at radius 2 is 1.64 bits per heavy atom. The molecule has 0 fully saturated rings. The molecule has 0 aliphatic heterocycles. The van der Waals surface area contributed by atoms with E-state index >= 15 is 0 Å². The second-order valence-corrected chi connectivity index (χ2v) is 4.97. The molecular formula is C17H13ClO4. The number of rotatable bonds is 4. The number of carboxylic acids is 1. The van der Waals surface area contributed by atoms with Crippen molar-refractivity contribution in [1.29, 1.82) is 0 Å². The normalized spacial score (nSPS) is 11.1. The molecule has 5 heteroatoms. The van der Waals surface area contributed by atoms with Gasteiger partial charge < -0.3 is 9.84 Å². The number of hydrogen-bond donors (Lipinski definition) is 1. The molecule has 4 nitrogen and oxygen atoms in total. The monoisotopic (exact) mass is 316 g/mol. The zero-order valence-corrected chi connectivity index (χ0v) is 12.5. The van der Waals surface area contributed by atoms with Gasteiger partial charge in [-0.15, -0.1) is 0 Å². The summed E-state index contributed by atoms with van der Waals surface area (Å²) in [6.07, 6.45) is 1.56. The molecule has 0 heterocycles. The molecule has 0 saturated heterocycles. The van der Waals surface area contributed by atoms with E-state index in [0.717, 1.165) is 5.56 Å². The van der Waals surface area contributed by atoms with Gasteiger partial charge in [0.15, 0.2) is 0 Å². The highest BCUT2D eigenvalue weighted by atomic mass is 35.5. The fraction of sp³-hybridized carbons (Fsp3) is 0.0588. The Hall–Kier alpha value is -2.59. The van der Waals surface area contributed by atoms with Crippen LogP contribution in [0.2, 0.25) is 5.02 Å². The predicted molar refractivity (Wildman–Crippen MR) is 84.7 cm³/mol. The maximum absolute atomic E-state index is 11.5. The minimum absolute atomic E-state index is 0.136. The Morgan fingerprint density at radius 1 is 1.05 bits per heavy atom. The van der Waals surface area contributed by atoms with Crippen LogP contribution in [0, 0.1) is 0 Å². The lowest BCUT2D eigenvalue weighted by Gasteiger charge is -2.05. The zero-order valence-electron chi connectivity index (χ0n) is 11.7. The maximum atomic E-state index is 11.5. The van der Waals surface area contributed by atoms with E-state index in [4.69, 9.17) is 16.3 Å². The molecule has 2 rings (SSSR count). The van der Waals surface area contributed by atoms with E-state index in [1.165, 1.54) is 6.92 Å². The van der Waals surface area contributed by atoms with Gasteiger partial charge >= 0.3 is 11.9 Å². The lowest BCUT2D eigenvalue weighted by Crippen LogP contribution is -2.02. The molecule has 0 atom stereocenters. The Bertz CT molecular complexity index is 715. The molecule has 0 saturated carbocycles. The Morgan fingerprint density at radius 3 is 2.14 bits per heavy atom. The van der Waals surface area contributed by atoms with Crippen LogP contribution in [0.3, 0.4) is 0 Å². The highest BCUT2D eigenvalue weighted by Gasteiger charge is 2.11. The van der Waals surface area contributed by atoms with Gasteiger partial charge in [0.05, 0.1) is 5.57 Å². The first-order chi connectivity index (χ1) is 10.5. The smallest absolute Gasteiger partial charge is 0.336 e. The molecule has 2 aromatic carbocycles. The van der Waals surface area contributed by atoms with Crippen molar-refractivity contribution in [2.24, 2.45) is 0 Å². The quantitative estimate of drug-likeness (QED) is 0.402. The highest BCUT2D eigenvalue weighted by molar-refractivity contribution is 6.30. The fourth-order valence-corrected chi connectivity index (χ4v) is 1.99. The third kappa shape index (κ3) is 4.20. The van der Waals surface area contributed by atoms with Crippen molar-refractivity contribution in [3.8, 4) is 5.75 Å². The summed E-state index contributed by atoms with van der Waals surface area (Å²) < 4.78 is 4.92. The van der Waals surface area contributed by atoms with E-state index in [1.54, 1.807) is 54.6 Å². The molecule has 0 aromatic heterocycles. The van der Waals surface area contributed by atoms with Gasteiger partial charge in [0.25, 0.3) is 0 Å². The number of carboxylic acid groups (broad SMARTS) is 1. The number of aliphatic carboxylic acids is 1. The van der Waals surface area contributed by atoms with Crippen LogP contribution in [0.1, 0.15) is 18.1 Å². The molecule has 22 heavy (non-hydrogen) atoms. The van der Waals surface area contributed by atoms with Crippen LogP contribution in [-0.4, -0.2) is 17.0 Å². The molecular weight excluding hydrogens is 304 g/mol. The second kappa shape index (κ2) is 6.91. The topological polar surface area (TPSA) is 63.6 Å². The first-order valence-electron chi connectivity index (χ1n) is 6.45. The van der Waals surface area contributed by atoms with Crippen molar-refractivity contribution in [2.45, 2.75) is 6.92 Å². The van der Waals surface area contributed by atoms with Gasteiger partial charge in [-0.3, -0.25) is 4.79 Å². The predicted octanol–water partition coefficient (Wildman–Crippen LogP) is 3.89. The molecule has 1 N–H and O–H groups in total. The first kappa shape index (κ1) is 15.8. The number of carbonyl (C=O) groups is 2. The van der Waals surface area contributed by atoms with Crippen LogP contribution < -0.4 is 4.74 Å². The summed E-state index contributed by atoms with van der Waals surface area (Å²) in [6, 6.07) is 13.1. The molecule has 112 valence electrons. The van der Waals surface area contributed by atoms with Gasteiger partial charge in [-0.25, -0.2) is 4.79 Å². The number of ether oxygens (including phenoxy) is 1. The lowest BCUT2D eigenvalue weighted by atomic mass is 10.0.